The first-order valence-electron chi connectivity index (χ1n) is 17.7. The SMILES string of the molecule is Cc1cc(C)cc(-c2cccc(-c3cc(C(C)(C)C)cc4sc(-c5ccccc5N=Cc5cc(-c6ccc7ccccc7c6)ccc5O)nc34)c2)c1. The van der Waals surface area contributed by atoms with Gasteiger partial charge in [0.25, 0.3) is 0 Å². The average Bonchev–Trinajstić information content (AvgIpc) is 3.58. The summed E-state index contributed by atoms with van der Waals surface area (Å²) in [5.41, 5.74) is 14.0. The molecule has 0 aliphatic rings. The van der Waals surface area contributed by atoms with Crippen LogP contribution in [0.5, 0.6) is 5.75 Å². The zero-order valence-corrected chi connectivity index (χ0v) is 30.9. The van der Waals surface area contributed by atoms with Crippen molar-refractivity contribution in [3.8, 4) is 49.7 Å². The summed E-state index contributed by atoms with van der Waals surface area (Å²) in [4.78, 5) is 10.3. The molecule has 0 bridgehead atoms. The number of nitrogens with zero attached hydrogens (tertiary/aromatic N) is 2. The van der Waals surface area contributed by atoms with E-state index in [1.807, 2.05) is 30.3 Å². The van der Waals surface area contributed by atoms with Gasteiger partial charge >= 0.3 is 0 Å². The van der Waals surface area contributed by atoms with E-state index in [1.165, 1.54) is 38.6 Å². The maximum atomic E-state index is 10.9. The van der Waals surface area contributed by atoms with Crippen molar-refractivity contribution >= 4 is 44.2 Å². The Balaban J connectivity index is 1.19. The third-order valence-electron chi connectivity index (χ3n) is 9.68. The quantitative estimate of drug-likeness (QED) is 0.176. The van der Waals surface area contributed by atoms with Crippen molar-refractivity contribution in [3.05, 3.63) is 162 Å². The van der Waals surface area contributed by atoms with Crippen LogP contribution in [0.25, 0.3) is 64.9 Å². The summed E-state index contributed by atoms with van der Waals surface area (Å²) in [6.07, 6.45) is 1.76. The molecule has 0 atom stereocenters. The summed E-state index contributed by atoms with van der Waals surface area (Å²) in [6, 6.07) is 48.8. The van der Waals surface area contributed by atoms with E-state index in [0.717, 1.165) is 48.7 Å². The summed E-state index contributed by atoms with van der Waals surface area (Å²) in [5.74, 6) is 0.188. The van der Waals surface area contributed by atoms with Crippen molar-refractivity contribution in [3.63, 3.8) is 0 Å². The van der Waals surface area contributed by atoms with E-state index in [4.69, 9.17) is 9.98 Å². The van der Waals surface area contributed by atoms with Crippen LogP contribution in [0.2, 0.25) is 0 Å². The number of fused-ring (bicyclic) bond motifs is 2. The smallest absolute Gasteiger partial charge is 0.126 e. The maximum absolute atomic E-state index is 10.9. The molecule has 1 N–H and O–H groups in total. The molecule has 8 rings (SSSR count). The minimum absolute atomic E-state index is 0.0378. The molecule has 254 valence electrons. The van der Waals surface area contributed by atoms with Gasteiger partial charge in [-0.2, -0.15) is 0 Å². The summed E-state index contributed by atoms with van der Waals surface area (Å²) in [7, 11) is 0. The number of aryl methyl sites for hydroxylation is 2. The van der Waals surface area contributed by atoms with Gasteiger partial charge in [0.05, 0.1) is 15.9 Å². The Morgan fingerprint density at radius 2 is 1.29 bits per heavy atom. The van der Waals surface area contributed by atoms with Crippen LogP contribution in [0.15, 0.2) is 145 Å². The highest BCUT2D eigenvalue weighted by Gasteiger charge is 2.21. The van der Waals surface area contributed by atoms with E-state index in [2.05, 4.69) is 138 Å². The van der Waals surface area contributed by atoms with Crippen molar-refractivity contribution in [1.29, 1.82) is 0 Å². The van der Waals surface area contributed by atoms with E-state index < -0.39 is 0 Å². The number of hydrogen-bond acceptors (Lipinski definition) is 4. The molecule has 7 aromatic carbocycles. The van der Waals surface area contributed by atoms with Crippen molar-refractivity contribution in [2.75, 3.05) is 0 Å². The first-order chi connectivity index (χ1) is 25.1. The standard InChI is InChI=1S/C48H40N2OS/c1-30-21-31(2)23-38(22-30)34-13-10-14-37(25-34)42-27-40(48(3,4)5)28-45-46(42)50-47(52-45)41-15-8-9-16-43(41)49-29-39-26-36(19-20-44(39)51)35-18-17-32-11-6-7-12-33(32)24-35/h6-29,51H,1-5H3. The van der Waals surface area contributed by atoms with E-state index in [9.17, 15) is 5.11 Å². The molecule has 0 aliphatic carbocycles. The Morgan fingerprint density at radius 3 is 2.10 bits per heavy atom. The van der Waals surface area contributed by atoms with Crippen LogP contribution < -0.4 is 0 Å². The van der Waals surface area contributed by atoms with Gasteiger partial charge in [-0.15, -0.1) is 11.3 Å². The number of aromatic hydroxyl groups is 1. The number of para-hydroxylation sites is 1. The second-order valence-corrected chi connectivity index (χ2v) is 15.7. The molecule has 0 spiro atoms. The lowest BCUT2D eigenvalue weighted by Crippen LogP contribution is -2.11. The summed E-state index contributed by atoms with van der Waals surface area (Å²) < 4.78 is 1.15. The highest BCUT2D eigenvalue weighted by atomic mass is 32.1. The Kier molecular flexibility index (Phi) is 8.57. The normalized spacial score (nSPS) is 11.9. The molecule has 0 unspecified atom stereocenters. The summed E-state index contributed by atoms with van der Waals surface area (Å²) in [6.45, 7) is 11.1. The van der Waals surface area contributed by atoms with Crippen molar-refractivity contribution < 1.29 is 5.11 Å². The van der Waals surface area contributed by atoms with Crippen LogP contribution in [0.3, 0.4) is 0 Å². The number of aliphatic imine (C=N–C) groups is 1. The first-order valence-corrected chi connectivity index (χ1v) is 18.5. The van der Waals surface area contributed by atoms with Crippen LogP contribution in [0, 0.1) is 13.8 Å². The Hall–Kier alpha value is -5.84. The monoisotopic (exact) mass is 692 g/mol. The Morgan fingerprint density at radius 1 is 0.596 bits per heavy atom. The number of thiazole rings is 1. The molecule has 3 nitrogen and oxygen atoms in total. The molecule has 1 heterocycles. The second kappa shape index (κ2) is 13.4. The van der Waals surface area contributed by atoms with Gasteiger partial charge < -0.3 is 5.11 Å². The minimum Gasteiger partial charge on any atom is -0.507 e. The topological polar surface area (TPSA) is 45.5 Å². The highest BCUT2D eigenvalue weighted by molar-refractivity contribution is 7.21. The summed E-state index contributed by atoms with van der Waals surface area (Å²) in [5, 5.41) is 14.2. The molecule has 0 fully saturated rings. The second-order valence-electron chi connectivity index (χ2n) is 14.7. The van der Waals surface area contributed by atoms with E-state index >= 15 is 0 Å². The van der Waals surface area contributed by atoms with Gasteiger partial charge in [0.15, 0.2) is 0 Å². The fraction of sp³-hybridized carbons (Fsp3) is 0.125. The van der Waals surface area contributed by atoms with Crippen LogP contribution in [-0.2, 0) is 5.41 Å². The molecule has 4 heteroatoms. The zero-order chi connectivity index (χ0) is 36.0. The van der Waals surface area contributed by atoms with Crippen LogP contribution in [0.4, 0.5) is 5.69 Å². The Bertz CT molecular complexity index is 2640. The number of phenols is 1. The van der Waals surface area contributed by atoms with Gasteiger partial charge in [0.2, 0.25) is 0 Å². The van der Waals surface area contributed by atoms with Gasteiger partial charge in [-0.25, -0.2) is 4.98 Å². The van der Waals surface area contributed by atoms with E-state index in [1.54, 1.807) is 23.6 Å². The molecule has 0 saturated heterocycles. The molecular formula is C48H40N2OS. The minimum atomic E-state index is -0.0378. The van der Waals surface area contributed by atoms with Gasteiger partial charge in [-0.05, 0) is 112 Å². The number of benzene rings is 7. The number of aromatic nitrogens is 1. The number of rotatable bonds is 6. The molecule has 1 aromatic heterocycles. The van der Waals surface area contributed by atoms with Crippen molar-refractivity contribution in [2.24, 2.45) is 4.99 Å². The van der Waals surface area contributed by atoms with Gasteiger partial charge in [0, 0.05) is 22.9 Å². The fourth-order valence-corrected chi connectivity index (χ4v) is 7.98. The van der Waals surface area contributed by atoms with E-state index in [0.29, 0.717) is 5.56 Å². The third kappa shape index (κ3) is 6.66. The van der Waals surface area contributed by atoms with Gasteiger partial charge in [-0.1, -0.05) is 123 Å². The molecule has 0 radical (unpaired) electrons. The molecule has 0 amide bonds. The van der Waals surface area contributed by atoms with Crippen LogP contribution in [0.1, 0.15) is 43.0 Å². The van der Waals surface area contributed by atoms with Gasteiger partial charge in [0.1, 0.15) is 10.8 Å². The van der Waals surface area contributed by atoms with Crippen LogP contribution >= 0.6 is 11.3 Å². The Labute approximate surface area is 309 Å². The number of phenolic OH excluding ortho intramolecular Hbond substituents is 1. The average molecular weight is 693 g/mol. The highest BCUT2D eigenvalue weighted by Crippen LogP contribution is 2.42. The van der Waals surface area contributed by atoms with E-state index in [-0.39, 0.29) is 11.2 Å². The lowest BCUT2D eigenvalue weighted by Gasteiger charge is -2.20. The fourth-order valence-electron chi connectivity index (χ4n) is 6.92. The molecule has 52 heavy (non-hydrogen) atoms. The van der Waals surface area contributed by atoms with Crippen molar-refractivity contribution in [1.82, 2.24) is 4.98 Å². The first kappa shape index (κ1) is 33.3. The molecular weight excluding hydrogens is 653 g/mol. The maximum Gasteiger partial charge on any atom is 0.126 e. The van der Waals surface area contributed by atoms with Gasteiger partial charge in [-0.3, -0.25) is 4.99 Å². The number of hydrogen-bond donors (Lipinski definition) is 1. The predicted molar refractivity (Wildman–Crippen MR) is 222 cm³/mol. The lowest BCUT2D eigenvalue weighted by molar-refractivity contribution is 0.474. The third-order valence-corrected chi connectivity index (χ3v) is 10.7. The molecule has 0 aliphatic heterocycles. The lowest BCUT2D eigenvalue weighted by atomic mass is 9.85. The van der Waals surface area contributed by atoms with Crippen molar-refractivity contribution in [2.45, 2.75) is 40.0 Å². The van der Waals surface area contributed by atoms with Crippen LogP contribution in [-0.4, -0.2) is 16.3 Å². The molecule has 0 saturated carbocycles. The zero-order valence-electron chi connectivity index (χ0n) is 30.1. The summed E-state index contributed by atoms with van der Waals surface area (Å²) >= 11 is 1.70. The molecule has 8 aromatic rings. The largest absolute Gasteiger partial charge is 0.507 e. The predicted octanol–water partition coefficient (Wildman–Crippen LogP) is 13.5.